The van der Waals surface area contributed by atoms with Crippen LogP contribution in [0.3, 0.4) is 0 Å². The highest BCUT2D eigenvalue weighted by molar-refractivity contribution is 8.13. The highest BCUT2D eigenvalue weighted by Gasteiger charge is 2.25. The third-order valence-electron chi connectivity index (χ3n) is 2.33. The van der Waals surface area contributed by atoms with E-state index in [-0.39, 0.29) is 30.7 Å². The monoisotopic (exact) mass is 256 g/mol. The molecule has 1 saturated heterocycles. The van der Waals surface area contributed by atoms with Gasteiger partial charge < -0.3 is 9.47 Å². The second-order valence-electron chi connectivity index (χ2n) is 3.96. The Morgan fingerprint density at radius 3 is 2.33 bits per heavy atom. The lowest BCUT2D eigenvalue weighted by Crippen LogP contribution is -2.34. The van der Waals surface area contributed by atoms with Crippen LogP contribution in [0, 0.1) is 0 Å². The van der Waals surface area contributed by atoms with Gasteiger partial charge in [-0.3, -0.25) is 0 Å². The molecule has 1 aliphatic heterocycles. The Balaban J connectivity index is 2.26. The van der Waals surface area contributed by atoms with Crippen molar-refractivity contribution in [2.24, 2.45) is 0 Å². The van der Waals surface area contributed by atoms with Gasteiger partial charge in [0.2, 0.25) is 9.05 Å². The molecule has 0 aromatic heterocycles. The molecule has 0 amide bonds. The van der Waals surface area contributed by atoms with Crippen LogP contribution in [0.2, 0.25) is 0 Å². The van der Waals surface area contributed by atoms with Crippen LogP contribution in [0.15, 0.2) is 0 Å². The van der Waals surface area contributed by atoms with E-state index in [1.807, 2.05) is 13.8 Å². The Morgan fingerprint density at radius 2 is 1.87 bits per heavy atom. The molecule has 4 nitrogen and oxygen atoms in total. The summed E-state index contributed by atoms with van der Waals surface area (Å²) in [7, 11) is 1.64. The first kappa shape index (κ1) is 13.2. The Hall–Kier alpha value is 0.160. The molecule has 2 atom stereocenters. The lowest BCUT2D eigenvalue weighted by atomic mass is 10.0. The number of hydrogen-bond donors (Lipinski definition) is 0. The Morgan fingerprint density at radius 1 is 1.33 bits per heavy atom. The third kappa shape index (κ3) is 5.70. The fourth-order valence-corrected chi connectivity index (χ4v) is 2.28. The summed E-state index contributed by atoms with van der Waals surface area (Å²) in [6.45, 7) is 4.14. The predicted molar refractivity (Wildman–Crippen MR) is 58.6 cm³/mol. The summed E-state index contributed by atoms with van der Waals surface area (Å²) in [6.07, 6.45) is 2.05. The lowest BCUT2D eigenvalue weighted by Gasteiger charge is -2.31. The van der Waals surface area contributed by atoms with Gasteiger partial charge in [0.1, 0.15) is 0 Å². The smallest absolute Gasteiger partial charge is 0.234 e. The number of rotatable bonds is 4. The third-order valence-corrected chi connectivity index (χ3v) is 3.45. The van der Waals surface area contributed by atoms with Crippen LogP contribution < -0.4 is 0 Å². The van der Waals surface area contributed by atoms with E-state index in [1.54, 1.807) is 0 Å². The minimum atomic E-state index is -3.44. The first-order chi connectivity index (χ1) is 6.87. The average Bonchev–Trinajstić information content (AvgIpc) is 1.99. The zero-order valence-corrected chi connectivity index (χ0v) is 10.6. The quantitative estimate of drug-likeness (QED) is 0.716. The molecular weight excluding hydrogens is 240 g/mol. The maximum Gasteiger partial charge on any atom is 0.234 e. The van der Waals surface area contributed by atoms with Crippen LogP contribution in [0.5, 0.6) is 0 Å². The van der Waals surface area contributed by atoms with Gasteiger partial charge in [-0.05, 0) is 26.7 Å². The second kappa shape index (κ2) is 5.48. The van der Waals surface area contributed by atoms with E-state index in [4.69, 9.17) is 20.2 Å². The summed E-state index contributed by atoms with van der Waals surface area (Å²) < 4.78 is 32.3. The Bertz CT molecular complexity index is 280. The number of hydrogen-bond acceptors (Lipinski definition) is 4. The van der Waals surface area contributed by atoms with Gasteiger partial charge in [-0.1, -0.05) is 0 Å². The van der Waals surface area contributed by atoms with E-state index >= 15 is 0 Å². The van der Waals surface area contributed by atoms with Crippen LogP contribution >= 0.6 is 10.7 Å². The second-order valence-corrected chi connectivity index (χ2v) is 6.86. The van der Waals surface area contributed by atoms with Crippen molar-refractivity contribution in [1.82, 2.24) is 0 Å². The molecule has 0 radical (unpaired) electrons. The van der Waals surface area contributed by atoms with Crippen molar-refractivity contribution in [1.29, 1.82) is 0 Å². The molecule has 0 spiro atoms. The van der Waals surface area contributed by atoms with Gasteiger partial charge in [0.15, 0.2) is 0 Å². The number of halogens is 1. The molecule has 90 valence electrons. The molecule has 0 aromatic rings. The van der Waals surface area contributed by atoms with E-state index in [2.05, 4.69) is 0 Å². The molecule has 15 heavy (non-hydrogen) atoms. The van der Waals surface area contributed by atoms with Crippen LogP contribution in [0.25, 0.3) is 0 Å². The first-order valence-corrected chi connectivity index (χ1v) is 7.54. The molecular formula is C9H17ClO4S. The maximum atomic E-state index is 10.7. The Labute approximate surface area is 95.3 Å². The molecule has 1 aliphatic rings. The maximum absolute atomic E-state index is 10.7. The van der Waals surface area contributed by atoms with E-state index in [0.29, 0.717) is 0 Å². The van der Waals surface area contributed by atoms with Crippen LogP contribution in [0.1, 0.15) is 26.7 Å². The zero-order chi connectivity index (χ0) is 11.5. The molecule has 1 heterocycles. The highest BCUT2D eigenvalue weighted by Crippen LogP contribution is 2.21. The zero-order valence-electron chi connectivity index (χ0n) is 8.98. The van der Waals surface area contributed by atoms with E-state index < -0.39 is 9.05 Å². The Kier molecular flexibility index (Phi) is 4.83. The lowest BCUT2D eigenvalue weighted by molar-refractivity contribution is -0.0990. The summed E-state index contributed by atoms with van der Waals surface area (Å²) >= 11 is 0. The van der Waals surface area contributed by atoms with Crippen molar-refractivity contribution in [3.8, 4) is 0 Å². The molecule has 0 saturated carbocycles. The van der Waals surface area contributed by atoms with Gasteiger partial charge in [0.05, 0.1) is 30.7 Å². The molecule has 0 aromatic carbocycles. The first-order valence-electron chi connectivity index (χ1n) is 5.06. The SMILES string of the molecule is CC1CC(OCCS(=O)(=O)Cl)CC(C)O1. The van der Waals surface area contributed by atoms with Crippen molar-refractivity contribution in [3.05, 3.63) is 0 Å². The van der Waals surface area contributed by atoms with Gasteiger partial charge in [0, 0.05) is 10.7 Å². The van der Waals surface area contributed by atoms with Gasteiger partial charge in [-0.25, -0.2) is 8.42 Å². The van der Waals surface area contributed by atoms with Gasteiger partial charge in [-0.15, -0.1) is 0 Å². The van der Waals surface area contributed by atoms with Crippen LogP contribution in [0.4, 0.5) is 0 Å². The van der Waals surface area contributed by atoms with E-state index in [9.17, 15) is 8.42 Å². The van der Waals surface area contributed by atoms with Gasteiger partial charge >= 0.3 is 0 Å². The molecule has 0 bridgehead atoms. The van der Waals surface area contributed by atoms with Crippen LogP contribution in [-0.2, 0) is 18.5 Å². The van der Waals surface area contributed by atoms with Crippen molar-refractivity contribution in [2.45, 2.75) is 45.0 Å². The summed E-state index contributed by atoms with van der Waals surface area (Å²) in [6, 6.07) is 0. The minimum Gasteiger partial charge on any atom is -0.377 e. The standard InChI is InChI=1S/C9H17ClO4S/c1-7-5-9(6-8(2)14-7)13-3-4-15(10,11)12/h7-9H,3-6H2,1-2H3. The predicted octanol–water partition coefficient (Wildman–Crippen LogP) is 1.53. The van der Waals surface area contributed by atoms with Crippen LogP contribution in [-0.4, -0.2) is 39.1 Å². The average molecular weight is 257 g/mol. The molecule has 0 N–H and O–H groups in total. The van der Waals surface area contributed by atoms with Crippen molar-refractivity contribution in [2.75, 3.05) is 12.4 Å². The van der Waals surface area contributed by atoms with Crippen molar-refractivity contribution >= 4 is 19.7 Å². The van der Waals surface area contributed by atoms with Gasteiger partial charge in [0.25, 0.3) is 0 Å². The molecule has 2 unspecified atom stereocenters. The molecule has 1 fully saturated rings. The topological polar surface area (TPSA) is 52.6 Å². The molecule has 6 heteroatoms. The fourth-order valence-electron chi connectivity index (χ4n) is 1.79. The van der Waals surface area contributed by atoms with Crippen molar-refractivity contribution in [3.63, 3.8) is 0 Å². The summed E-state index contributed by atoms with van der Waals surface area (Å²) in [5.74, 6) is -0.130. The summed E-state index contributed by atoms with van der Waals surface area (Å²) in [5.41, 5.74) is 0. The van der Waals surface area contributed by atoms with Gasteiger partial charge in [-0.2, -0.15) is 0 Å². The molecule has 0 aliphatic carbocycles. The normalized spacial score (nSPS) is 32.9. The minimum absolute atomic E-state index is 0.0853. The number of ether oxygens (including phenoxy) is 2. The largest absolute Gasteiger partial charge is 0.377 e. The molecule has 1 rings (SSSR count). The highest BCUT2D eigenvalue weighted by atomic mass is 35.7. The van der Waals surface area contributed by atoms with Crippen molar-refractivity contribution < 1.29 is 17.9 Å². The summed E-state index contributed by atoms with van der Waals surface area (Å²) in [5, 5.41) is 0. The van der Waals surface area contributed by atoms with E-state index in [1.165, 1.54) is 0 Å². The fraction of sp³-hybridized carbons (Fsp3) is 1.00. The summed E-state index contributed by atoms with van der Waals surface area (Å²) in [4.78, 5) is 0. The van der Waals surface area contributed by atoms with E-state index in [0.717, 1.165) is 12.8 Å².